The minimum absolute atomic E-state index is 0. The standard InChI is InChI=1S/C21H27F3N6.HI/c1-2-25-19(29-17-7-8-18-27-14-28-30(18)12-17)26-13-20(9-4-10-20)15-5-3-6-16(11-15)21(22,23)24;/h3,5-6,11,14,17H,2,4,7-10,12-13H2,1H3,(H2,25,26,29);1H. The highest BCUT2D eigenvalue weighted by Crippen LogP contribution is 2.45. The van der Waals surface area contributed by atoms with Gasteiger partial charge in [0.15, 0.2) is 5.96 Å². The van der Waals surface area contributed by atoms with Gasteiger partial charge in [-0.1, -0.05) is 24.6 Å². The molecule has 0 saturated heterocycles. The first-order chi connectivity index (χ1) is 14.4. The molecule has 0 amide bonds. The number of fused-ring (bicyclic) bond motifs is 1. The molecular weight excluding hydrogens is 520 g/mol. The normalized spacial score (nSPS) is 20.3. The van der Waals surface area contributed by atoms with Gasteiger partial charge in [-0.05, 0) is 37.8 Å². The van der Waals surface area contributed by atoms with E-state index in [0.717, 1.165) is 56.1 Å². The van der Waals surface area contributed by atoms with Gasteiger partial charge < -0.3 is 10.6 Å². The number of benzene rings is 1. The largest absolute Gasteiger partial charge is 0.416 e. The van der Waals surface area contributed by atoms with Crippen LogP contribution in [0.1, 0.15) is 49.6 Å². The molecule has 0 radical (unpaired) electrons. The molecule has 1 atom stereocenters. The fourth-order valence-electron chi connectivity index (χ4n) is 4.27. The lowest BCUT2D eigenvalue weighted by atomic mass is 9.64. The van der Waals surface area contributed by atoms with Crippen molar-refractivity contribution in [2.24, 2.45) is 4.99 Å². The van der Waals surface area contributed by atoms with Crippen molar-refractivity contribution >= 4 is 29.9 Å². The number of aryl methyl sites for hydroxylation is 1. The molecule has 4 rings (SSSR count). The Labute approximate surface area is 197 Å². The SMILES string of the molecule is CCNC(=NCC1(c2cccc(C(F)(F)F)c2)CCC1)NC1CCc2ncnn2C1.I. The van der Waals surface area contributed by atoms with Gasteiger partial charge >= 0.3 is 6.18 Å². The Kier molecular flexibility index (Phi) is 7.48. The number of aliphatic imine (C=N–C) groups is 1. The fourth-order valence-corrected chi connectivity index (χ4v) is 4.27. The number of nitrogens with zero attached hydrogens (tertiary/aromatic N) is 4. The Bertz CT molecular complexity index is 907. The molecule has 2 N–H and O–H groups in total. The molecule has 10 heteroatoms. The Morgan fingerprint density at radius 1 is 1.32 bits per heavy atom. The van der Waals surface area contributed by atoms with Crippen LogP contribution in [0.4, 0.5) is 13.2 Å². The Morgan fingerprint density at radius 2 is 2.13 bits per heavy atom. The zero-order chi connectivity index (χ0) is 21.2. The summed E-state index contributed by atoms with van der Waals surface area (Å²) in [6.45, 7) is 3.90. The van der Waals surface area contributed by atoms with E-state index in [4.69, 9.17) is 4.99 Å². The van der Waals surface area contributed by atoms with Crippen LogP contribution in [-0.2, 0) is 24.6 Å². The van der Waals surface area contributed by atoms with Gasteiger partial charge in [-0.25, -0.2) is 9.67 Å². The van der Waals surface area contributed by atoms with Gasteiger partial charge in [0, 0.05) is 24.4 Å². The average molecular weight is 548 g/mol. The van der Waals surface area contributed by atoms with Crippen LogP contribution in [0, 0.1) is 0 Å². The Hall–Kier alpha value is -1.85. The molecule has 1 saturated carbocycles. The third kappa shape index (κ3) is 5.32. The molecule has 6 nitrogen and oxygen atoms in total. The zero-order valence-electron chi connectivity index (χ0n) is 17.5. The second-order valence-electron chi connectivity index (χ2n) is 8.15. The van der Waals surface area contributed by atoms with Crippen molar-refractivity contribution in [2.45, 2.75) is 63.2 Å². The van der Waals surface area contributed by atoms with E-state index in [0.29, 0.717) is 19.0 Å². The fraction of sp³-hybridized carbons (Fsp3) is 0.571. The number of alkyl halides is 3. The van der Waals surface area contributed by atoms with Crippen molar-refractivity contribution < 1.29 is 13.2 Å². The van der Waals surface area contributed by atoms with Crippen molar-refractivity contribution in [3.05, 3.63) is 47.5 Å². The number of aromatic nitrogens is 3. The lowest BCUT2D eigenvalue weighted by molar-refractivity contribution is -0.137. The molecule has 1 unspecified atom stereocenters. The number of halogens is 4. The molecule has 170 valence electrons. The highest BCUT2D eigenvalue weighted by atomic mass is 127. The van der Waals surface area contributed by atoms with Crippen LogP contribution < -0.4 is 10.6 Å². The average Bonchev–Trinajstić information content (AvgIpc) is 3.15. The summed E-state index contributed by atoms with van der Waals surface area (Å²) in [6, 6.07) is 5.91. The molecule has 0 bridgehead atoms. The van der Waals surface area contributed by atoms with E-state index in [9.17, 15) is 13.2 Å². The molecule has 2 aliphatic rings. The Morgan fingerprint density at radius 3 is 2.81 bits per heavy atom. The first-order valence-electron chi connectivity index (χ1n) is 10.5. The molecule has 1 fully saturated rings. The van der Waals surface area contributed by atoms with E-state index in [2.05, 4.69) is 20.7 Å². The third-order valence-electron chi connectivity index (χ3n) is 6.14. The zero-order valence-corrected chi connectivity index (χ0v) is 19.8. The van der Waals surface area contributed by atoms with Gasteiger partial charge in [-0.3, -0.25) is 4.99 Å². The number of nitrogens with one attached hydrogen (secondary N) is 2. The van der Waals surface area contributed by atoms with Crippen LogP contribution in [0.15, 0.2) is 35.6 Å². The molecule has 2 aromatic rings. The van der Waals surface area contributed by atoms with Crippen LogP contribution in [0.5, 0.6) is 0 Å². The first-order valence-corrected chi connectivity index (χ1v) is 10.5. The molecular formula is C21H28F3IN6. The van der Waals surface area contributed by atoms with Gasteiger partial charge in [-0.15, -0.1) is 24.0 Å². The molecule has 31 heavy (non-hydrogen) atoms. The third-order valence-corrected chi connectivity index (χ3v) is 6.14. The van der Waals surface area contributed by atoms with Crippen LogP contribution in [0.2, 0.25) is 0 Å². The lowest BCUT2D eigenvalue weighted by Gasteiger charge is -2.41. The maximum atomic E-state index is 13.2. The number of guanidine groups is 1. The molecule has 1 aromatic carbocycles. The second-order valence-corrected chi connectivity index (χ2v) is 8.15. The summed E-state index contributed by atoms with van der Waals surface area (Å²) < 4.78 is 41.4. The summed E-state index contributed by atoms with van der Waals surface area (Å²) in [6.07, 6.45) is 1.74. The van der Waals surface area contributed by atoms with E-state index in [1.807, 2.05) is 11.6 Å². The quantitative estimate of drug-likeness (QED) is 0.338. The molecule has 1 aliphatic heterocycles. The van der Waals surface area contributed by atoms with Crippen molar-refractivity contribution in [3.63, 3.8) is 0 Å². The van der Waals surface area contributed by atoms with E-state index in [-0.39, 0.29) is 35.4 Å². The monoisotopic (exact) mass is 548 g/mol. The number of hydrogen-bond donors (Lipinski definition) is 2. The molecule has 1 aliphatic carbocycles. The topological polar surface area (TPSA) is 67.1 Å². The highest BCUT2D eigenvalue weighted by Gasteiger charge is 2.40. The van der Waals surface area contributed by atoms with E-state index < -0.39 is 11.7 Å². The minimum atomic E-state index is -4.33. The second kappa shape index (κ2) is 9.74. The maximum absolute atomic E-state index is 13.2. The van der Waals surface area contributed by atoms with Gasteiger partial charge in [-0.2, -0.15) is 18.3 Å². The summed E-state index contributed by atoms with van der Waals surface area (Å²) in [4.78, 5) is 9.03. The smallest absolute Gasteiger partial charge is 0.357 e. The summed E-state index contributed by atoms with van der Waals surface area (Å²) in [7, 11) is 0. The molecule has 2 heterocycles. The summed E-state index contributed by atoms with van der Waals surface area (Å²) >= 11 is 0. The minimum Gasteiger partial charge on any atom is -0.357 e. The number of hydrogen-bond acceptors (Lipinski definition) is 3. The molecule has 0 spiro atoms. The van der Waals surface area contributed by atoms with Crippen LogP contribution in [0.25, 0.3) is 0 Å². The van der Waals surface area contributed by atoms with Gasteiger partial charge in [0.25, 0.3) is 0 Å². The van der Waals surface area contributed by atoms with Crippen molar-refractivity contribution in [1.82, 2.24) is 25.4 Å². The van der Waals surface area contributed by atoms with Crippen LogP contribution in [-0.4, -0.2) is 39.9 Å². The first kappa shape index (κ1) is 23.8. The van der Waals surface area contributed by atoms with Crippen LogP contribution in [0.3, 0.4) is 0 Å². The van der Waals surface area contributed by atoms with E-state index in [1.165, 1.54) is 12.1 Å². The summed E-state index contributed by atoms with van der Waals surface area (Å²) in [5, 5.41) is 11.0. The Balaban J connectivity index is 0.00000272. The van der Waals surface area contributed by atoms with Crippen molar-refractivity contribution in [2.75, 3.05) is 13.1 Å². The van der Waals surface area contributed by atoms with Gasteiger partial charge in [0.05, 0.1) is 18.7 Å². The summed E-state index contributed by atoms with van der Waals surface area (Å²) in [5.41, 5.74) is -0.186. The van der Waals surface area contributed by atoms with Crippen LogP contribution >= 0.6 is 24.0 Å². The van der Waals surface area contributed by atoms with Gasteiger partial charge in [0.1, 0.15) is 12.2 Å². The maximum Gasteiger partial charge on any atom is 0.416 e. The van der Waals surface area contributed by atoms with E-state index in [1.54, 1.807) is 12.4 Å². The predicted molar refractivity (Wildman–Crippen MR) is 124 cm³/mol. The molecule has 1 aromatic heterocycles. The van der Waals surface area contributed by atoms with E-state index >= 15 is 0 Å². The van der Waals surface area contributed by atoms with Gasteiger partial charge in [0.2, 0.25) is 0 Å². The highest BCUT2D eigenvalue weighted by molar-refractivity contribution is 14.0. The summed E-state index contributed by atoms with van der Waals surface area (Å²) in [5.74, 6) is 1.69. The van der Waals surface area contributed by atoms with Crippen molar-refractivity contribution in [1.29, 1.82) is 0 Å². The van der Waals surface area contributed by atoms with Crippen molar-refractivity contribution in [3.8, 4) is 0 Å². The number of rotatable bonds is 5. The lowest BCUT2D eigenvalue weighted by Crippen LogP contribution is -2.48. The predicted octanol–water partition coefficient (Wildman–Crippen LogP) is 3.91.